The Bertz CT molecular complexity index is 746. The molecule has 29 heavy (non-hydrogen) atoms. The van der Waals surface area contributed by atoms with Gasteiger partial charge in [0.1, 0.15) is 11.4 Å². The van der Waals surface area contributed by atoms with Crippen molar-refractivity contribution in [3.05, 3.63) is 29.8 Å². The molecule has 5 nitrogen and oxygen atoms in total. The first-order chi connectivity index (χ1) is 14.0. The Morgan fingerprint density at radius 1 is 1.10 bits per heavy atom. The van der Waals surface area contributed by atoms with E-state index in [0.29, 0.717) is 12.3 Å². The van der Waals surface area contributed by atoms with E-state index in [-0.39, 0.29) is 23.3 Å². The summed E-state index contributed by atoms with van der Waals surface area (Å²) in [5.74, 6) is 1.84. The molecule has 0 unspecified atom stereocenters. The number of amides is 2. The fourth-order valence-electron chi connectivity index (χ4n) is 5.37. The first-order valence-corrected chi connectivity index (χ1v) is 11.2. The van der Waals surface area contributed by atoms with Crippen molar-refractivity contribution in [2.45, 2.75) is 69.3 Å². The first kappa shape index (κ1) is 20.2. The van der Waals surface area contributed by atoms with Gasteiger partial charge in [0.2, 0.25) is 11.8 Å². The lowest BCUT2D eigenvalue weighted by Crippen LogP contribution is -2.53. The number of likely N-dealkylation sites (tertiary alicyclic amines) is 1. The predicted molar refractivity (Wildman–Crippen MR) is 113 cm³/mol. The van der Waals surface area contributed by atoms with E-state index in [0.717, 1.165) is 56.5 Å². The van der Waals surface area contributed by atoms with Gasteiger partial charge in [-0.2, -0.15) is 0 Å². The standard InChI is InChI=1S/C24H34N2O3/c1-25(2)22(27)16-19-17-24(29-21-11-7-6-10-20(19)21)12-14-26(15-13-24)23(28)18-8-4-3-5-9-18/h6-7,10-11,18-19H,3-5,8-9,12-17H2,1-2H3/t19-/m1/s1. The van der Waals surface area contributed by atoms with E-state index in [1.807, 2.05) is 32.3 Å². The normalized spacial score (nSPS) is 23.9. The second-order valence-electron chi connectivity index (χ2n) is 9.38. The van der Waals surface area contributed by atoms with Crippen molar-refractivity contribution in [3.8, 4) is 5.75 Å². The van der Waals surface area contributed by atoms with Gasteiger partial charge in [0, 0.05) is 58.3 Å². The number of hydrogen-bond acceptors (Lipinski definition) is 3. The summed E-state index contributed by atoms with van der Waals surface area (Å²) in [6, 6.07) is 8.16. The zero-order valence-corrected chi connectivity index (χ0v) is 17.9. The van der Waals surface area contributed by atoms with Crippen molar-refractivity contribution in [3.63, 3.8) is 0 Å². The van der Waals surface area contributed by atoms with E-state index in [4.69, 9.17) is 4.74 Å². The monoisotopic (exact) mass is 398 g/mol. The molecule has 1 saturated carbocycles. The predicted octanol–water partition coefficient (Wildman–Crippen LogP) is 3.97. The molecule has 1 spiro atoms. The number of ether oxygens (including phenoxy) is 1. The molecule has 0 aromatic heterocycles. The topological polar surface area (TPSA) is 49.9 Å². The number of benzene rings is 1. The number of nitrogens with zero attached hydrogens (tertiary/aromatic N) is 2. The molecule has 158 valence electrons. The van der Waals surface area contributed by atoms with Crippen LogP contribution in [0, 0.1) is 5.92 Å². The maximum atomic E-state index is 12.9. The van der Waals surface area contributed by atoms with Crippen LogP contribution in [0.4, 0.5) is 0 Å². The number of para-hydroxylation sites is 1. The third-order valence-corrected chi connectivity index (χ3v) is 7.16. The van der Waals surface area contributed by atoms with E-state index in [1.54, 1.807) is 4.90 Å². The minimum atomic E-state index is -0.255. The van der Waals surface area contributed by atoms with E-state index in [1.165, 1.54) is 19.3 Å². The van der Waals surface area contributed by atoms with Crippen LogP contribution >= 0.6 is 0 Å². The molecule has 1 aromatic carbocycles. The number of fused-ring (bicyclic) bond motifs is 1. The Balaban J connectivity index is 1.46. The van der Waals surface area contributed by atoms with E-state index in [9.17, 15) is 9.59 Å². The van der Waals surface area contributed by atoms with Crippen molar-refractivity contribution in [1.82, 2.24) is 9.80 Å². The van der Waals surface area contributed by atoms with Gasteiger partial charge >= 0.3 is 0 Å². The van der Waals surface area contributed by atoms with E-state index >= 15 is 0 Å². The average molecular weight is 399 g/mol. The highest BCUT2D eigenvalue weighted by molar-refractivity contribution is 5.79. The van der Waals surface area contributed by atoms with Gasteiger partial charge in [-0.15, -0.1) is 0 Å². The van der Waals surface area contributed by atoms with Crippen molar-refractivity contribution >= 4 is 11.8 Å². The summed E-state index contributed by atoms with van der Waals surface area (Å²) in [5, 5.41) is 0. The van der Waals surface area contributed by atoms with Gasteiger partial charge in [0.25, 0.3) is 0 Å². The molecule has 5 heteroatoms. The Morgan fingerprint density at radius 2 is 1.79 bits per heavy atom. The molecule has 2 aliphatic heterocycles. The van der Waals surface area contributed by atoms with Gasteiger partial charge in [0.05, 0.1) is 0 Å². The van der Waals surface area contributed by atoms with Gasteiger partial charge in [-0.1, -0.05) is 37.5 Å². The largest absolute Gasteiger partial charge is 0.487 e. The molecular formula is C24H34N2O3. The van der Waals surface area contributed by atoms with Crippen LogP contribution < -0.4 is 4.74 Å². The van der Waals surface area contributed by atoms with Crippen LogP contribution in [0.1, 0.15) is 69.3 Å². The van der Waals surface area contributed by atoms with Gasteiger partial charge in [0.15, 0.2) is 0 Å². The lowest BCUT2D eigenvalue weighted by Gasteiger charge is -2.47. The fraction of sp³-hybridized carbons (Fsp3) is 0.667. The molecule has 0 N–H and O–H groups in total. The van der Waals surface area contributed by atoms with Gasteiger partial charge < -0.3 is 14.5 Å². The second kappa shape index (κ2) is 8.37. The summed E-state index contributed by atoms with van der Waals surface area (Å²) in [4.78, 5) is 29.1. The summed E-state index contributed by atoms with van der Waals surface area (Å²) in [6.45, 7) is 1.54. The quantitative estimate of drug-likeness (QED) is 0.774. The number of rotatable bonds is 3. The van der Waals surface area contributed by atoms with Gasteiger partial charge in [-0.3, -0.25) is 9.59 Å². The third-order valence-electron chi connectivity index (χ3n) is 7.16. The summed E-state index contributed by atoms with van der Waals surface area (Å²) >= 11 is 0. The van der Waals surface area contributed by atoms with Crippen LogP contribution in [0.3, 0.4) is 0 Å². The molecule has 1 aliphatic carbocycles. The third kappa shape index (κ3) is 4.29. The van der Waals surface area contributed by atoms with Crippen LogP contribution in [0.5, 0.6) is 5.75 Å². The number of hydrogen-bond donors (Lipinski definition) is 0. The van der Waals surface area contributed by atoms with Crippen molar-refractivity contribution in [2.75, 3.05) is 27.2 Å². The molecule has 0 bridgehead atoms. The molecular weight excluding hydrogens is 364 g/mol. The summed E-state index contributed by atoms with van der Waals surface area (Å²) in [5.41, 5.74) is 0.892. The van der Waals surface area contributed by atoms with Crippen LogP contribution in [0.2, 0.25) is 0 Å². The lowest BCUT2D eigenvalue weighted by atomic mass is 9.76. The average Bonchev–Trinajstić information content (AvgIpc) is 2.74. The second-order valence-corrected chi connectivity index (χ2v) is 9.38. The zero-order chi connectivity index (χ0) is 20.4. The van der Waals surface area contributed by atoms with Crippen LogP contribution in [-0.2, 0) is 9.59 Å². The molecule has 2 amide bonds. The van der Waals surface area contributed by atoms with Gasteiger partial charge in [-0.05, 0) is 30.9 Å². The summed E-state index contributed by atoms with van der Waals surface area (Å²) < 4.78 is 6.54. The molecule has 3 aliphatic rings. The van der Waals surface area contributed by atoms with Crippen LogP contribution in [0.25, 0.3) is 0 Å². The number of carbonyl (C=O) groups excluding carboxylic acids is 2. The van der Waals surface area contributed by atoms with Crippen molar-refractivity contribution in [1.29, 1.82) is 0 Å². The molecule has 2 heterocycles. The van der Waals surface area contributed by atoms with E-state index in [2.05, 4.69) is 11.0 Å². The molecule has 2 fully saturated rings. The van der Waals surface area contributed by atoms with Crippen molar-refractivity contribution in [2.24, 2.45) is 5.92 Å². The maximum absolute atomic E-state index is 12.9. The number of carbonyl (C=O) groups is 2. The van der Waals surface area contributed by atoms with E-state index < -0.39 is 0 Å². The minimum absolute atomic E-state index is 0.159. The highest BCUT2D eigenvalue weighted by atomic mass is 16.5. The Hall–Kier alpha value is -2.04. The molecule has 0 radical (unpaired) electrons. The minimum Gasteiger partial charge on any atom is -0.487 e. The summed E-state index contributed by atoms with van der Waals surface area (Å²) in [6.07, 6.45) is 8.84. The number of piperidine rings is 1. The lowest BCUT2D eigenvalue weighted by molar-refractivity contribution is -0.140. The maximum Gasteiger partial charge on any atom is 0.225 e. The molecule has 1 aromatic rings. The van der Waals surface area contributed by atoms with Crippen LogP contribution in [-0.4, -0.2) is 54.4 Å². The SMILES string of the molecule is CN(C)C(=O)C[C@@H]1CC2(CCN(C(=O)C3CCCCC3)CC2)Oc2ccccc21. The zero-order valence-electron chi connectivity index (χ0n) is 17.9. The van der Waals surface area contributed by atoms with Crippen LogP contribution in [0.15, 0.2) is 24.3 Å². The van der Waals surface area contributed by atoms with Crippen molar-refractivity contribution < 1.29 is 14.3 Å². The smallest absolute Gasteiger partial charge is 0.225 e. The Labute approximate surface area is 174 Å². The Kier molecular flexibility index (Phi) is 5.84. The highest BCUT2D eigenvalue weighted by Crippen LogP contribution is 2.46. The first-order valence-electron chi connectivity index (χ1n) is 11.2. The summed E-state index contributed by atoms with van der Waals surface area (Å²) in [7, 11) is 3.64. The fourth-order valence-corrected chi connectivity index (χ4v) is 5.37. The molecule has 1 atom stereocenters. The Morgan fingerprint density at radius 3 is 2.48 bits per heavy atom. The molecule has 4 rings (SSSR count). The van der Waals surface area contributed by atoms with Gasteiger partial charge in [-0.25, -0.2) is 0 Å². The highest BCUT2D eigenvalue weighted by Gasteiger charge is 2.44. The molecule has 1 saturated heterocycles.